The maximum Gasteiger partial charge on any atom is 0.0897 e. The standard InChI is InChI=1S/C11H25NO2S/c1-11(2,3)14-9-10(13)8-12-6-5-7-15-4/h10,12-13H,5-9H2,1-4H3. The fraction of sp³-hybridized carbons (Fsp3) is 1.00. The molecule has 0 aliphatic rings. The average Bonchev–Trinajstić information content (AvgIpc) is 2.13. The summed E-state index contributed by atoms with van der Waals surface area (Å²) in [5, 5.41) is 12.8. The minimum atomic E-state index is -0.404. The van der Waals surface area contributed by atoms with Crippen molar-refractivity contribution in [3.05, 3.63) is 0 Å². The minimum Gasteiger partial charge on any atom is -0.389 e. The van der Waals surface area contributed by atoms with E-state index in [0.717, 1.165) is 13.0 Å². The lowest BCUT2D eigenvalue weighted by molar-refractivity contribution is -0.0478. The highest BCUT2D eigenvalue weighted by atomic mass is 32.2. The minimum absolute atomic E-state index is 0.167. The Bertz CT molecular complexity index is 148. The molecular weight excluding hydrogens is 210 g/mol. The molecule has 0 heterocycles. The third kappa shape index (κ3) is 12.2. The molecule has 1 atom stereocenters. The summed E-state index contributed by atoms with van der Waals surface area (Å²) < 4.78 is 5.48. The molecule has 0 bridgehead atoms. The van der Waals surface area contributed by atoms with Crippen molar-refractivity contribution < 1.29 is 9.84 Å². The van der Waals surface area contributed by atoms with Gasteiger partial charge in [-0.2, -0.15) is 11.8 Å². The Labute approximate surface area is 98.0 Å². The van der Waals surface area contributed by atoms with Crippen LogP contribution in [0, 0.1) is 0 Å². The molecule has 15 heavy (non-hydrogen) atoms. The Balaban J connectivity index is 3.30. The summed E-state index contributed by atoms with van der Waals surface area (Å²) in [7, 11) is 0. The first-order valence-corrected chi connectivity index (χ1v) is 6.87. The van der Waals surface area contributed by atoms with E-state index < -0.39 is 6.10 Å². The molecule has 0 fully saturated rings. The van der Waals surface area contributed by atoms with E-state index in [2.05, 4.69) is 11.6 Å². The van der Waals surface area contributed by atoms with Crippen LogP contribution in [0.5, 0.6) is 0 Å². The smallest absolute Gasteiger partial charge is 0.0897 e. The van der Waals surface area contributed by atoms with Gasteiger partial charge in [-0.25, -0.2) is 0 Å². The van der Waals surface area contributed by atoms with Gasteiger partial charge in [0.15, 0.2) is 0 Å². The molecule has 0 saturated carbocycles. The molecule has 2 N–H and O–H groups in total. The van der Waals surface area contributed by atoms with Crippen LogP contribution in [0.3, 0.4) is 0 Å². The normalized spacial score (nSPS) is 14.2. The van der Waals surface area contributed by atoms with Crippen molar-refractivity contribution in [1.82, 2.24) is 5.32 Å². The number of aliphatic hydroxyl groups excluding tert-OH is 1. The molecule has 4 heteroatoms. The maximum absolute atomic E-state index is 9.58. The summed E-state index contributed by atoms with van der Waals surface area (Å²) in [4.78, 5) is 0. The molecule has 0 aromatic carbocycles. The van der Waals surface area contributed by atoms with Gasteiger partial charge >= 0.3 is 0 Å². The molecule has 92 valence electrons. The molecule has 3 nitrogen and oxygen atoms in total. The van der Waals surface area contributed by atoms with E-state index in [9.17, 15) is 5.11 Å². The van der Waals surface area contributed by atoms with E-state index in [1.165, 1.54) is 5.75 Å². The third-order valence-corrected chi connectivity index (χ3v) is 2.49. The molecule has 0 rings (SSSR count). The summed E-state index contributed by atoms with van der Waals surface area (Å²) in [6.07, 6.45) is 2.85. The highest BCUT2D eigenvalue weighted by Crippen LogP contribution is 2.06. The molecule has 0 amide bonds. The van der Waals surface area contributed by atoms with Crippen molar-refractivity contribution in [2.45, 2.75) is 38.9 Å². The van der Waals surface area contributed by atoms with Gasteiger partial charge in [0.2, 0.25) is 0 Å². The van der Waals surface area contributed by atoms with Crippen molar-refractivity contribution in [3.63, 3.8) is 0 Å². The van der Waals surface area contributed by atoms with Gasteiger partial charge in [0.25, 0.3) is 0 Å². The topological polar surface area (TPSA) is 41.5 Å². The van der Waals surface area contributed by atoms with E-state index in [1.54, 1.807) is 0 Å². The first-order chi connectivity index (χ1) is 6.95. The van der Waals surface area contributed by atoms with Crippen LogP contribution in [-0.4, -0.2) is 48.5 Å². The average molecular weight is 235 g/mol. The van der Waals surface area contributed by atoms with Gasteiger partial charge in [-0.1, -0.05) is 0 Å². The lowest BCUT2D eigenvalue weighted by atomic mass is 10.2. The first kappa shape index (κ1) is 15.2. The number of ether oxygens (including phenoxy) is 1. The lowest BCUT2D eigenvalue weighted by Gasteiger charge is -2.22. The van der Waals surface area contributed by atoms with Crippen molar-refractivity contribution in [2.75, 3.05) is 31.7 Å². The van der Waals surface area contributed by atoms with Gasteiger partial charge in [0, 0.05) is 6.54 Å². The van der Waals surface area contributed by atoms with Crippen molar-refractivity contribution >= 4 is 11.8 Å². The van der Waals surface area contributed by atoms with Crippen LogP contribution >= 0.6 is 11.8 Å². The Morgan fingerprint density at radius 2 is 2.07 bits per heavy atom. The number of hydrogen-bond acceptors (Lipinski definition) is 4. The Morgan fingerprint density at radius 1 is 1.40 bits per heavy atom. The molecule has 0 radical (unpaired) electrons. The van der Waals surface area contributed by atoms with E-state index in [-0.39, 0.29) is 5.60 Å². The molecular formula is C11H25NO2S. The fourth-order valence-electron chi connectivity index (χ4n) is 1.02. The van der Waals surface area contributed by atoms with Gasteiger partial charge in [-0.05, 0) is 45.7 Å². The van der Waals surface area contributed by atoms with Gasteiger partial charge in [0.05, 0.1) is 18.3 Å². The monoisotopic (exact) mass is 235 g/mol. The van der Waals surface area contributed by atoms with Crippen LogP contribution in [0.2, 0.25) is 0 Å². The summed E-state index contributed by atoms with van der Waals surface area (Å²) >= 11 is 1.85. The van der Waals surface area contributed by atoms with Gasteiger partial charge < -0.3 is 15.2 Å². The van der Waals surface area contributed by atoms with Crippen LogP contribution in [0.25, 0.3) is 0 Å². The summed E-state index contributed by atoms with van der Waals surface area (Å²) in [6.45, 7) is 7.96. The second-order valence-electron chi connectivity index (χ2n) is 4.63. The SMILES string of the molecule is CSCCCNCC(O)COC(C)(C)C. The largest absolute Gasteiger partial charge is 0.389 e. The van der Waals surface area contributed by atoms with Gasteiger partial charge in [-0.15, -0.1) is 0 Å². The summed E-state index contributed by atoms with van der Waals surface area (Å²) in [5.41, 5.74) is -0.167. The zero-order chi connectivity index (χ0) is 11.7. The van der Waals surface area contributed by atoms with E-state index in [4.69, 9.17) is 4.74 Å². The van der Waals surface area contributed by atoms with Crippen LogP contribution < -0.4 is 5.32 Å². The van der Waals surface area contributed by atoms with Crippen LogP contribution in [0.15, 0.2) is 0 Å². The van der Waals surface area contributed by atoms with Crippen molar-refractivity contribution in [2.24, 2.45) is 0 Å². The van der Waals surface area contributed by atoms with E-state index in [1.807, 2.05) is 32.5 Å². The fourth-order valence-corrected chi connectivity index (χ4v) is 1.45. The molecule has 0 aliphatic carbocycles. The summed E-state index contributed by atoms with van der Waals surface area (Å²) in [6, 6.07) is 0. The van der Waals surface area contributed by atoms with Crippen molar-refractivity contribution in [3.8, 4) is 0 Å². The molecule has 0 aliphatic heterocycles. The van der Waals surface area contributed by atoms with E-state index >= 15 is 0 Å². The highest BCUT2D eigenvalue weighted by Gasteiger charge is 2.12. The zero-order valence-corrected chi connectivity index (χ0v) is 11.2. The second-order valence-corrected chi connectivity index (χ2v) is 5.61. The molecule has 1 unspecified atom stereocenters. The number of aliphatic hydroxyl groups is 1. The molecule has 0 aromatic rings. The maximum atomic E-state index is 9.58. The quantitative estimate of drug-likeness (QED) is 0.626. The predicted octanol–water partition coefficient (Wildman–Crippen LogP) is 1.51. The predicted molar refractivity (Wildman–Crippen MR) is 67.6 cm³/mol. The van der Waals surface area contributed by atoms with Crippen LogP contribution in [-0.2, 0) is 4.74 Å². The Hall–Kier alpha value is 0.230. The van der Waals surface area contributed by atoms with Gasteiger partial charge in [0.1, 0.15) is 0 Å². The number of hydrogen-bond donors (Lipinski definition) is 2. The number of thioether (sulfide) groups is 1. The van der Waals surface area contributed by atoms with Crippen LogP contribution in [0.1, 0.15) is 27.2 Å². The summed E-state index contributed by atoms with van der Waals surface area (Å²) in [5.74, 6) is 1.17. The first-order valence-electron chi connectivity index (χ1n) is 5.47. The number of nitrogens with one attached hydrogen (secondary N) is 1. The zero-order valence-electron chi connectivity index (χ0n) is 10.4. The van der Waals surface area contributed by atoms with E-state index in [0.29, 0.717) is 13.2 Å². The highest BCUT2D eigenvalue weighted by molar-refractivity contribution is 7.98. The molecule has 0 saturated heterocycles. The number of rotatable bonds is 8. The molecule has 0 aromatic heterocycles. The van der Waals surface area contributed by atoms with Crippen LogP contribution in [0.4, 0.5) is 0 Å². The lowest BCUT2D eigenvalue weighted by Crippen LogP contribution is -2.34. The third-order valence-electron chi connectivity index (χ3n) is 1.79. The second kappa shape index (κ2) is 8.39. The Kier molecular flexibility index (Phi) is 8.52. The van der Waals surface area contributed by atoms with Crippen molar-refractivity contribution in [1.29, 1.82) is 0 Å². The molecule has 0 spiro atoms. The van der Waals surface area contributed by atoms with Gasteiger partial charge in [-0.3, -0.25) is 0 Å². The Morgan fingerprint density at radius 3 is 2.60 bits per heavy atom.